The summed E-state index contributed by atoms with van der Waals surface area (Å²) in [7, 11) is 0. The summed E-state index contributed by atoms with van der Waals surface area (Å²) in [4.78, 5) is 11.6. The number of carbonyl (C=O) groups excluding carboxylic acids is 1. The van der Waals surface area contributed by atoms with Crippen LogP contribution in [0.4, 0.5) is 9.18 Å². The predicted octanol–water partition coefficient (Wildman–Crippen LogP) is 7.11. The molecule has 1 amide bonds. The fourth-order valence-corrected chi connectivity index (χ4v) is 3.02. The maximum Gasteiger partial charge on any atom is 0.407 e. The summed E-state index contributed by atoms with van der Waals surface area (Å²) in [5.41, 5.74) is 0. The zero-order valence-electron chi connectivity index (χ0n) is 17.2. The van der Waals surface area contributed by atoms with E-state index >= 15 is 0 Å². The zero-order chi connectivity index (χ0) is 19.3. The molecule has 0 spiro atoms. The van der Waals surface area contributed by atoms with Gasteiger partial charge in [0, 0.05) is 6.04 Å². The molecule has 0 fully saturated rings. The summed E-state index contributed by atoms with van der Waals surface area (Å²) in [6, 6.07) is 0.155. The van der Waals surface area contributed by atoms with Crippen molar-refractivity contribution >= 4 is 6.09 Å². The molecule has 0 aromatic heterocycles. The minimum absolute atomic E-state index is 0.154. The first-order valence-electron chi connectivity index (χ1n) is 10.9. The van der Waals surface area contributed by atoms with Crippen LogP contribution in [-0.4, -0.2) is 25.4 Å². The standard InChI is InChI=1S/C22H42FNO2/c1-3-5-7-8-9-10-11-12-13-14-16-18-21(17-15-6-4-2)24-22(25)26-20-19-23/h10-11,21H,3-9,12-20H2,1-2H3,(H,24,25)/b11-10+. The molecular weight excluding hydrogens is 329 g/mol. The largest absolute Gasteiger partial charge is 0.447 e. The lowest BCUT2D eigenvalue weighted by atomic mass is 10.0. The molecule has 0 aliphatic rings. The van der Waals surface area contributed by atoms with E-state index in [1.165, 1.54) is 57.8 Å². The molecule has 0 aromatic rings. The van der Waals surface area contributed by atoms with Crippen LogP contribution < -0.4 is 5.32 Å². The second-order valence-electron chi connectivity index (χ2n) is 7.12. The first kappa shape index (κ1) is 24.9. The zero-order valence-corrected chi connectivity index (χ0v) is 17.2. The molecule has 3 nitrogen and oxygen atoms in total. The number of alkyl halides is 1. The van der Waals surface area contributed by atoms with E-state index in [1.54, 1.807) is 0 Å². The third kappa shape index (κ3) is 17.8. The summed E-state index contributed by atoms with van der Waals surface area (Å²) in [6.45, 7) is 3.64. The lowest BCUT2D eigenvalue weighted by molar-refractivity contribution is 0.132. The molecule has 0 heterocycles. The van der Waals surface area contributed by atoms with Crippen LogP contribution in [0.1, 0.15) is 104 Å². The van der Waals surface area contributed by atoms with Crippen LogP contribution in [0.25, 0.3) is 0 Å². The van der Waals surface area contributed by atoms with E-state index in [1.807, 2.05) is 0 Å². The van der Waals surface area contributed by atoms with Gasteiger partial charge in [-0.25, -0.2) is 9.18 Å². The van der Waals surface area contributed by atoms with Gasteiger partial charge >= 0.3 is 6.09 Å². The van der Waals surface area contributed by atoms with Gasteiger partial charge in [0.2, 0.25) is 0 Å². The number of carbonyl (C=O) groups is 1. The van der Waals surface area contributed by atoms with E-state index in [-0.39, 0.29) is 12.6 Å². The van der Waals surface area contributed by atoms with E-state index in [2.05, 4.69) is 31.3 Å². The highest BCUT2D eigenvalue weighted by Crippen LogP contribution is 2.13. The van der Waals surface area contributed by atoms with Crippen LogP contribution in [0.5, 0.6) is 0 Å². The molecule has 0 radical (unpaired) electrons. The molecule has 0 saturated heterocycles. The van der Waals surface area contributed by atoms with Gasteiger partial charge in [-0.1, -0.05) is 77.4 Å². The van der Waals surface area contributed by atoms with Crippen molar-refractivity contribution in [1.29, 1.82) is 0 Å². The number of hydrogen-bond acceptors (Lipinski definition) is 2. The van der Waals surface area contributed by atoms with Gasteiger partial charge in [0.05, 0.1) is 0 Å². The van der Waals surface area contributed by atoms with E-state index < -0.39 is 12.8 Å². The van der Waals surface area contributed by atoms with Gasteiger partial charge in [-0.05, 0) is 38.5 Å². The second kappa shape index (κ2) is 20.3. The Morgan fingerprint density at radius 3 is 2.00 bits per heavy atom. The van der Waals surface area contributed by atoms with Crippen molar-refractivity contribution in [3.8, 4) is 0 Å². The average Bonchev–Trinajstić information content (AvgIpc) is 2.64. The van der Waals surface area contributed by atoms with Gasteiger partial charge in [0.1, 0.15) is 13.3 Å². The monoisotopic (exact) mass is 371 g/mol. The number of hydrogen-bond donors (Lipinski definition) is 1. The highest BCUT2D eigenvalue weighted by Gasteiger charge is 2.12. The maximum atomic E-state index is 12.1. The first-order chi connectivity index (χ1) is 12.7. The first-order valence-corrected chi connectivity index (χ1v) is 10.9. The third-order valence-corrected chi connectivity index (χ3v) is 4.60. The van der Waals surface area contributed by atoms with Gasteiger partial charge in [-0.15, -0.1) is 0 Å². The summed E-state index contributed by atoms with van der Waals surface area (Å²) < 4.78 is 16.9. The van der Waals surface area contributed by atoms with Gasteiger partial charge in [0.15, 0.2) is 0 Å². The number of ether oxygens (including phenoxy) is 1. The van der Waals surface area contributed by atoms with Gasteiger partial charge in [0.25, 0.3) is 0 Å². The SMILES string of the molecule is CCCCCC/C=C/CCCCCC(CCCCC)NC(=O)OCCF. The van der Waals surface area contributed by atoms with Crippen LogP contribution >= 0.6 is 0 Å². The summed E-state index contributed by atoms with van der Waals surface area (Å²) in [5, 5.41) is 2.90. The Labute approximate surface area is 161 Å². The Morgan fingerprint density at radius 1 is 0.885 bits per heavy atom. The maximum absolute atomic E-state index is 12.1. The fraction of sp³-hybridized carbons (Fsp3) is 0.864. The van der Waals surface area contributed by atoms with Crippen molar-refractivity contribution in [3.63, 3.8) is 0 Å². The van der Waals surface area contributed by atoms with Crippen molar-refractivity contribution in [2.24, 2.45) is 0 Å². The molecule has 0 saturated carbocycles. The van der Waals surface area contributed by atoms with E-state index in [4.69, 9.17) is 4.74 Å². The second-order valence-corrected chi connectivity index (χ2v) is 7.12. The van der Waals surface area contributed by atoms with Gasteiger partial charge in [-0.2, -0.15) is 0 Å². The van der Waals surface area contributed by atoms with E-state index in [0.717, 1.165) is 32.1 Å². The Hall–Kier alpha value is -1.06. The molecule has 1 unspecified atom stereocenters. The van der Waals surface area contributed by atoms with Crippen molar-refractivity contribution < 1.29 is 13.9 Å². The van der Waals surface area contributed by atoms with Crippen LogP contribution in [0, 0.1) is 0 Å². The van der Waals surface area contributed by atoms with Crippen LogP contribution in [0.2, 0.25) is 0 Å². The summed E-state index contributed by atoms with van der Waals surface area (Å²) in [5.74, 6) is 0. The van der Waals surface area contributed by atoms with E-state index in [0.29, 0.717) is 0 Å². The van der Waals surface area contributed by atoms with E-state index in [9.17, 15) is 9.18 Å². The van der Waals surface area contributed by atoms with Gasteiger partial charge in [-0.3, -0.25) is 0 Å². The Balaban J connectivity index is 3.79. The smallest absolute Gasteiger partial charge is 0.407 e. The Bertz CT molecular complexity index is 334. The topological polar surface area (TPSA) is 38.3 Å². The number of amides is 1. The van der Waals surface area contributed by atoms with Crippen molar-refractivity contribution in [3.05, 3.63) is 12.2 Å². The lowest BCUT2D eigenvalue weighted by Gasteiger charge is -2.18. The van der Waals surface area contributed by atoms with Crippen LogP contribution in [0.15, 0.2) is 12.2 Å². The quantitative estimate of drug-likeness (QED) is 0.206. The summed E-state index contributed by atoms with van der Waals surface area (Å²) >= 11 is 0. The third-order valence-electron chi connectivity index (χ3n) is 4.60. The van der Waals surface area contributed by atoms with Crippen molar-refractivity contribution in [2.45, 2.75) is 110 Å². The molecule has 1 atom stereocenters. The molecular formula is C22H42FNO2. The number of rotatable bonds is 18. The van der Waals surface area contributed by atoms with Crippen LogP contribution in [0.3, 0.4) is 0 Å². The minimum atomic E-state index is -0.625. The van der Waals surface area contributed by atoms with Crippen LogP contribution in [-0.2, 0) is 4.74 Å². The number of nitrogens with one attached hydrogen (secondary N) is 1. The molecule has 0 bridgehead atoms. The normalized spacial score (nSPS) is 12.4. The molecule has 0 aromatic carbocycles. The summed E-state index contributed by atoms with van der Waals surface area (Å²) in [6.07, 6.45) is 20.8. The Morgan fingerprint density at radius 2 is 1.42 bits per heavy atom. The highest BCUT2D eigenvalue weighted by molar-refractivity contribution is 5.67. The van der Waals surface area contributed by atoms with Crippen molar-refractivity contribution in [2.75, 3.05) is 13.3 Å². The number of unbranched alkanes of at least 4 members (excludes halogenated alkanes) is 9. The predicted molar refractivity (Wildman–Crippen MR) is 109 cm³/mol. The molecule has 0 aliphatic heterocycles. The molecule has 4 heteroatoms. The molecule has 1 N–H and O–H groups in total. The van der Waals surface area contributed by atoms with Crippen molar-refractivity contribution in [1.82, 2.24) is 5.32 Å². The minimum Gasteiger partial charge on any atom is -0.447 e. The van der Waals surface area contributed by atoms with Gasteiger partial charge < -0.3 is 10.1 Å². The molecule has 0 aliphatic carbocycles. The number of halogens is 1. The average molecular weight is 372 g/mol. The Kier molecular flexibility index (Phi) is 19.4. The number of allylic oxidation sites excluding steroid dienone is 2. The number of alkyl carbamates (subject to hydrolysis) is 1. The lowest BCUT2D eigenvalue weighted by Crippen LogP contribution is -2.35. The molecule has 26 heavy (non-hydrogen) atoms. The molecule has 0 rings (SSSR count). The molecule has 154 valence electrons. The fourth-order valence-electron chi connectivity index (χ4n) is 3.02. The highest BCUT2D eigenvalue weighted by atomic mass is 19.1.